The van der Waals surface area contributed by atoms with Gasteiger partial charge < -0.3 is 13.9 Å². The Balaban J connectivity index is 1.64. The lowest BCUT2D eigenvalue weighted by atomic mass is 9.87. The number of aryl methyl sites for hydroxylation is 1. The predicted molar refractivity (Wildman–Crippen MR) is 139 cm³/mol. The number of fused-ring (bicyclic) bond motifs is 1. The topological polar surface area (TPSA) is 65.7 Å². The number of esters is 1. The molecule has 0 amide bonds. The summed E-state index contributed by atoms with van der Waals surface area (Å²) in [4.78, 5) is 25.3. The molecule has 0 N–H and O–H groups in total. The first kappa shape index (κ1) is 26.7. The molecule has 0 atom stereocenters. The van der Waals surface area contributed by atoms with Gasteiger partial charge >= 0.3 is 12.1 Å². The minimum Gasteiger partial charge on any atom is -0.449 e. The van der Waals surface area contributed by atoms with E-state index >= 15 is 0 Å². The van der Waals surface area contributed by atoms with Crippen LogP contribution < -0.4 is 14.9 Å². The molecule has 0 aliphatic rings. The van der Waals surface area contributed by atoms with Crippen LogP contribution in [-0.2, 0) is 16.4 Å². The van der Waals surface area contributed by atoms with Crippen molar-refractivity contribution in [3.05, 3.63) is 105 Å². The summed E-state index contributed by atoms with van der Waals surface area (Å²) in [5.74, 6) is -3.33. The number of carbonyl (C=O) groups is 1. The maximum atomic E-state index is 13.9. The summed E-state index contributed by atoms with van der Waals surface area (Å²) in [7, 11) is 0. The van der Waals surface area contributed by atoms with Crippen LogP contribution in [0.15, 0.2) is 82.0 Å². The van der Waals surface area contributed by atoms with Gasteiger partial charge in [-0.15, -0.1) is 0 Å². The Morgan fingerprint density at radius 1 is 0.895 bits per heavy atom. The summed E-state index contributed by atoms with van der Waals surface area (Å²) in [5, 5.41) is -0.158. The fourth-order valence-corrected chi connectivity index (χ4v) is 3.63. The summed E-state index contributed by atoms with van der Waals surface area (Å²) in [6, 6.07) is 17.4. The normalized spacial score (nSPS) is 12.2. The summed E-state index contributed by atoms with van der Waals surface area (Å²) in [6.07, 6.45) is -2.28. The second kappa shape index (κ2) is 10.2. The van der Waals surface area contributed by atoms with Crippen LogP contribution in [0, 0.1) is 6.92 Å². The van der Waals surface area contributed by atoms with Crippen LogP contribution in [0.5, 0.6) is 17.2 Å². The van der Waals surface area contributed by atoms with E-state index in [1.54, 1.807) is 18.2 Å². The molecule has 0 aliphatic carbocycles. The summed E-state index contributed by atoms with van der Waals surface area (Å²) < 4.78 is 57.3. The molecule has 0 saturated heterocycles. The Kier molecular flexibility index (Phi) is 7.18. The third-order valence-electron chi connectivity index (χ3n) is 5.73. The quantitative estimate of drug-likeness (QED) is 0.152. The van der Waals surface area contributed by atoms with E-state index in [1.165, 1.54) is 30.3 Å². The maximum absolute atomic E-state index is 13.9. The van der Waals surface area contributed by atoms with Crippen LogP contribution in [0.4, 0.5) is 13.2 Å². The molecular weight excluding hydrogens is 497 g/mol. The van der Waals surface area contributed by atoms with Crippen LogP contribution in [0.25, 0.3) is 17.0 Å². The highest BCUT2D eigenvalue weighted by atomic mass is 19.4. The van der Waals surface area contributed by atoms with Crippen molar-refractivity contribution in [3.63, 3.8) is 0 Å². The van der Waals surface area contributed by atoms with E-state index in [1.807, 2.05) is 52.0 Å². The van der Waals surface area contributed by atoms with Crippen molar-refractivity contribution in [2.45, 2.75) is 39.3 Å². The van der Waals surface area contributed by atoms with Gasteiger partial charge in [-0.25, -0.2) is 4.79 Å². The fourth-order valence-electron chi connectivity index (χ4n) is 3.63. The average molecular weight is 523 g/mol. The van der Waals surface area contributed by atoms with E-state index in [2.05, 4.69) is 0 Å². The summed E-state index contributed by atoms with van der Waals surface area (Å²) >= 11 is 0. The lowest BCUT2D eigenvalue weighted by molar-refractivity contribution is -0.154. The van der Waals surface area contributed by atoms with Gasteiger partial charge in [0.15, 0.2) is 0 Å². The van der Waals surface area contributed by atoms with Crippen molar-refractivity contribution in [1.82, 2.24) is 0 Å². The summed E-state index contributed by atoms with van der Waals surface area (Å²) in [6.45, 7) is 7.92. The number of hydrogen-bond donors (Lipinski definition) is 0. The van der Waals surface area contributed by atoms with Gasteiger partial charge in [-0.3, -0.25) is 4.79 Å². The predicted octanol–water partition coefficient (Wildman–Crippen LogP) is 7.83. The fraction of sp³-hybridized carbons (Fsp3) is 0.200. The highest BCUT2D eigenvalue weighted by Crippen LogP contribution is 2.39. The van der Waals surface area contributed by atoms with Crippen LogP contribution in [-0.4, -0.2) is 5.97 Å². The minimum atomic E-state index is -5.02. The average Bonchev–Trinajstić information content (AvgIpc) is 2.84. The Labute approximate surface area is 217 Å². The van der Waals surface area contributed by atoms with E-state index in [0.717, 1.165) is 22.8 Å². The molecule has 0 saturated carbocycles. The molecule has 4 aromatic rings. The molecule has 1 heterocycles. The van der Waals surface area contributed by atoms with Crippen LogP contribution in [0.1, 0.15) is 43.2 Å². The van der Waals surface area contributed by atoms with Crippen LogP contribution in [0.2, 0.25) is 0 Å². The highest BCUT2D eigenvalue weighted by Gasteiger charge is 2.40. The molecule has 0 radical (unpaired) electrons. The molecule has 0 unspecified atom stereocenters. The molecule has 0 spiro atoms. The zero-order valence-corrected chi connectivity index (χ0v) is 21.2. The van der Waals surface area contributed by atoms with Crippen molar-refractivity contribution >= 4 is 23.0 Å². The number of halogens is 3. The van der Waals surface area contributed by atoms with Gasteiger partial charge in [-0.05, 0) is 53.8 Å². The lowest BCUT2D eigenvalue weighted by Crippen LogP contribution is -2.16. The third kappa shape index (κ3) is 6.14. The largest absolute Gasteiger partial charge is 0.453 e. The molecule has 196 valence electrons. The van der Waals surface area contributed by atoms with Gasteiger partial charge in [-0.2, -0.15) is 13.2 Å². The number of benzene rings is 3. The van der Waals surface area contributed by atoms with E-state index < -0.39 is 34.7 Å². The van der Waals surface area contributed by atoms with E-state index in [-0.39, 0.29) is 22.3 Å². The second-order valence-electron chi connectivity index (χ2n) is 9.79. The number of alkyl halides is 3. The number of ether oxygens (including phenoxy) is 2. The number of carbonyl (C=O) groups excluding carboxylic acids is 1. The van der Waals surface area contributed by atoms with Crippen LogP contribution in [0.3, 0.4) is 0 Å². The molecule has 0 aliphatic heterocycles. The third-order valence-corrected chi connectivity index (χ3v) is 5.73. The van der Waals surface area contributed by atoms with Gasteiger partial charge in [0.05, 0.1) is 5.39 Å². The minimum absolute atomic E-state index is 0.0565. The number of rotatable bonds is 5. The van der Waals surface area contributed by atoms with Crippen molar-refractivity contribution in [2.24, 2.45) is 0 Å². The highest BCUT2D eigenvalue weighted by molar-refractivity contribution is 5.89. The van der Waals surface area contributed by atoms with E-state index in [4.69, 9.17) is 13.9 Å². The molecule has 38 heavy (non-hydrogen) atoms. The first-order valence-electron chi connectivity index (χ1n) is 11.7. The molecule has 5 nitrogen and oxygen atoms in total. The molecule has 4 rings (SSSR count). The lowest BCUT2D eigenvalue weighted by Gasteiger charge is -2.19. The zero-order valence-electron chi connectivity index (χ0n) is 21.2. The first-order valence-corrected chi connectivity index (χ1v) is 11.7. The van der Waals surface area contributed by atoms with Gasteiger partial charge in [0.1, 0.15) is 17.1 Å². The van der Waals surface area contributed by atoms with Crippen molar-refractivity contribution in [3.8, 4) is 17.2 Å². The monoisotopic (exact) mass is 522 g/mol. The Morgan fingerprint density at radius 3 is 2.13 bits per heavy atom. The maximum Gasteiger partial charge on any atom is 0.453 e. The first-order chi connectivity index (χ1) is 17.8. The standard InChI is InChI=1S/C30H25F3O5/c1-18-5-7-19(8-6-18)9-16-25(34)36-22-14-15-23-24(17-22)38-28(30(31,32)33)27(26(23)35)37-21-12-10-20(11-13-21)29(2,3)4/h5-17H,1-4H3/b16-9+. The molecule has 0 bridgehead atoms. The molecular formula is C30H25F3O5. The molecule has 1 aromatic heterocycles. The van der Waals surface area contributed by atoms with E-state index in [0.29, 0.717) is 0 Å². The second-order valence-corrected chi connectivity index (χ2v) is 9.79. The van der Waals surface area contributed by atoms with Crippen molar-refractivity contribution < 1.29 is 31.9 Å². The van der Waals surface area contributed by atoms with Gasteiger partial charge in [0, 0.05) is 12.1 Å². The SMILES string of the molecule is Cc1ccc(/C=C/C(=O)Oc2ccc3c(=O)c(Oc4ccc(C(C)(C)C)cc4)c(C(F)(F)F)oc3c2)cc1. The number of hydrogen-bond acceptors (Lipinski definition) is 5. The summed E-state index contributed by atoms with van der Waals surface area (Å²) in [5.41, 5.74) is 1.21. The van der Waals surface area contributed by atoms with Crippen LogP contribution >= 0.6 is 0 Å². The van der Waals surface area contributed by atoms with Gasteiger partial charge in [0.2, 0.25) is 11.2 Å². The Bertz CT molecular complexity index is 1560. The zero-order chi connectivity index (χ0) is 27.7. The molecule has 8 heteroatoms. The van der Waals surface area contributed by atoms with E-state index in [9.17, 15) is 22.8 Å². The van der Waals surface area contributed by atoms with Crippen molar-refractivity contribution in [2.75, 3.05) is 0 Å². The van der Waals surface area contributed by atoms with Gasteiger partial charge in [-0.1, -0.05) is 62.7 Å². The Hall–Kier alpha value is -4.33. The Morgan fingerprint density at radius 2 is 1.53 bits per heavy atom. The van der Waals surface area contributed by atoms with Crippen molar-refractivity contribution in [1.29, 1.82) is 0 Å². The van der Waals surface area contributed by atoms with Gasteiger partial charge in [0.25, 0.3) is 5.76 Å². The molecule has 3 aromatic carbocycles. The molecule has 0 fully saturated rings. The smallest absolute Gasteiger partial charge is 0.449 e.